The molecule has 0 aliphatic heterocycles. The van der Waals surface area contributed by atoms with E-state index in [2.05, 4.69) is 5.32 Å². The molecule has 4 heteroatoms. The predicted molar refractivity (Wildman–Crippen MR) is 60.7 cm³/mol. The largest absolute Gasteiger partial charge is 0.394 e. The van der Waals surface area contributed by atoms with Gasteiger partial charge < -0.3 is 10.4 Å². The maximum absolute atomic E-state index is 13.3. The SMILES string of the molecule is CC(C)C(CO)Nc1cc(Cl)ccc1F. The van der Waals surface area contributed by atoms with Crippen LogP contribution in [0.3, 0.4) is 0 Å². The zero-order chi connectivity index (χ0) is 11.4. The molecular weight excluding hydrogens is 217 g/mol. The molecule has 0 heterocycles. The Kier molecular flexibility index (Phi) is 4.36. The summed E-state index contributed by atoms with van der Waals surface area (Å²) >= 11 is 5.75. The number of anilines is 1. The van der Waals surface area contributed by atoms with Gasteiger partial charge in [0.25, 0.3) is 0 Å². The summed E-state index contributed by atoms with van der Waals surface area (Å²) in [4.78, 5) is 0. The number of aliphatic hydroxyl groups is 1. The summed E-state index contributed by atoms with van der Waals surface area (Å²) < 4.78 is 13.3. The fourth-order valence-electron chi connectivity index (χ4n) is 1.23. The zero-order valence-electron chi connectivity index (χ0n) is 8.80. The smallest absolute Gasteiger partial charge is 0.146 e. The standard InChI is InChI=1S/C11H15ClFNO/c1-7(2)11(6-15)14-10-5-8(12)3-4-9(10)13/h3-5,7,11,14-15H,6H2,1-2H3. The van der Waals surface area contributed by atoms with Crippen LogP contribution in [-0.4, -0.2) is 17.8 Å². The molecular formula is C11H15ClFNO. The lowest BCUT2D eigenvalue weighted by Gasteiger charge is -2.21. The van der Waals surface area contributed by atoms with Crippen LogP contribution in [0.2, 0.25) is 5.02 Å². The average Bonchev–Trinajstić information content (AvgIpc) is 2.18. The van der Waals surface area contributed by atoms with E-state index >= 15 is 0 Å². The van der Waals surface area contributed by atoms with E-state index in [1.165, 1.54) is 18.2 Å². The minimum Gasteiger partial charge on any atom is -0.394 e. The molecule has 0 radical (unpaired) electrons. The van der Waals surface area contributed by atoms with Crippen LogP contribution in [0, 0.1) is 11.7 Å². The summed E-state index contributed by atoms with van der Waals surface area (Å²) in [6.45, 7) is 3.87. The number of halogens is 2. The molecule has 1 rings (SSSR count). The highest BCUT2D eigenvalue weighted by Gasteiger charge is 2.13. The molecule has 0 saturated heterocycles. The molecule has 0 fully saturated rings. The van der Waals surface area contributed by atoms with Gasteiger partial charge in [0, 0.05) is 5.02 Å². The van der Waals surface area contributed by atoms with Crippen LogP contribution in [0.4, 0.5) is 10.1 Å². The van der Waals surface area contributed by atoms with Crippen molar-refractivity contribution in [1.29, 1.82) is 0 Å². The Hall–Kier alpha value is -0.800. The Bertz CT molecular complexity index is 330. The fraction of sp³-hybridized carbons (Fsp3) is 0.455. The predicted octanol–water partition coefficient (Wildman–Crippen LogP) is 2.91. The molecule has 15 heavy (non-hydrogen) atoms. The Morgan fingerprint density at radius 1 is 1.47 bits per heavy atom. The molecule has 1 aromatic carbocycles. The van der Waals surface area contributed by atoms with Gasteiger partial charge in [-0.1, -0.05) is 25.4 Å². The monoisotopic (exact) mass is 231 g/mol. The molecule has 2 nitrogen and oxygen atoms in total. The lowest BCUT2D eigenvalue weighted by molar-refractivity contribution is 0.249. The number of aliphatic hydroxyl groups excluding tert-OH is 1. The van der Waals surface area contributed by atoms with Crippen molar-refractivity contribution in [3.63, 3.8) is 0 Å². The number of hydrogen-bond donors (Lipinski definition) is 2. The van der Waals surface area contributed by atoms with Gasteiger partial charge in [0.15, 0.2) is 0 Å². The zero-order valence-corrected chi connectivity index (χ0v) is 9.55. The topological polar surface area (TPSA) is 32.3 Å². The highest BCUT2D eigenvalue weighted by molar-refractivity contribution is 6.30. The Morgan fingerprint density at radius 2 is 2.13 bits per heavy atom. The number of hydrogen-bond acceptors (Lipinski definition) is 2. The van der Waals surface area contributed by atoms with Crippen molar-refractivity contribution >= 4 is 17.3 Å². The quantitative estimate of drug-likeness (QED) is 0.835. The first-order valence-corrected chi connectivity index (χ1v) is 5.25. The van der Waals surface area contributed by atoms with E-state index < -0.39 is 0 Å². The summed E-state index contributed by atoms with van der Waals surface area (Å²) in [6, 6.07) is 4.14. The lowest BCUT2D eigenvalue weighted by atomic mass is 10.1. The molecule has 2 N–H and O–H groups in total. The van der Waals surface area contributed by atoms with Gasteiger partial charge in [-0.05, 0) is 24.1 Å². The van der Waals surface area contributed by atoms with Crippen molar-refractivity contribution in [3.8, 4) is 0 Å². The molecule has 1 unspecified atom stereocenters. The summed E-state index contributed by atoms with van der Waals surface area (Å²) in [7, 11) is 0. The minimum absolute atomic E-state index is 0.0381. The Morgan fingerprint density at radius 3 is 2.67 bits per heavy atom. The third kappa shape index (κ3) is 3.36. The lowest BCUT2D eigenvalue weighted by Crippen LogP contribution is -2.29. The van der Waals surface area contributed by atoms with Crippen molar-refractivity contribution < 1.29 is 9.50 Å². The van der Waals surface area contributed by atoms with Crippen LogP contribution in [0.5, 0.6) is 0 Å². The molecule has 1 atom stereocenters. The number of benzene rings is 1. The van der Waals surface area contributed by atoms with Crippen molar-refractivity contribution in [2.24, 2.45) is 5.92 Å². The van der Waals surface area contributed by atoms with Gasteiger partial charge in [0.05, 0.1) is 18.3 Å². The van der Waals surface area contributed by atoms with Crippen molar-refractivity contribution in [2.75, 3.05) is 11.9 Å². The second kappa shape index (κ2) is 5.33. The first-order chi connectivity index (χ1) is 7.04. The Balaban J connectivity index is 2.82. The van der Waals surface area contributed by atoms with E-state index in [4.69, 9.17) is 16.7 Å². The molecule has 0 aliphatic rings. The molecule has 0 saturated carbocycles. The summed E-state index contributed by atoms with van der Waals surface area (Å²) in [5.41, 5.74) is 0.329. The first kappa shape index (κ1) is 12.3. The highest BCUT2D eigenvalue weighted by atomic mass is 35.5. The van der Waals surface area contributed by atoms with Gasteiger partial charge >= 0.3 is 0 Å². The minimum atomic E-state index is -0.362. The van der Waals surface area contributed by atoms with E-state index in [9.17, 15) is 4.39 Å². The first-order valence-electron chi connectivity index (χ1n) is 4.87. The van der Waals surface area contributed by atoms with Gasteiger partial charge in [0.1, 0.15) is 5.82 Å². The van der Waals surface area contributed by atoms with Crippen LogP contribution in [-0.2, 0) is 0 Å². The summed E-state index contributed by atoms with van der Waals surface area (Å²) in [5, 5.41) is 12.5. The van der Waals surface area contributed by atoms with Gasteiger partial charge in [0.2, 0.25) is 0 Å². The van der Waals surface area contributed by atoms with E-state index in [1.54, 1.807) is 0 Å². The molecule has 0 aliphatic carbocycles. The second-order valence-corrected chi connectivity index (χ2v) is 4.24. The van der Waals surface area contributed by atoms with Crippen LogP contribution in [0.15, 0.2) is 18.2 Å². The average molecular weight is 232 g/mol. The molecule has 0 spiro atoms. The summed E-state index contributed by atoms with van der Waals surface area (Å²) in [5.74, 6) is -0.146. The fourth-order valence-corrected chi connectivity index (χ4v) is 1.40. The Labute approximate surface area is 94.1 Å². The molecule has 84 valence electrons. The molecule has 1 aromatic rings. The normalized spacial score (nSPS) is 12.9. The van der Waals surface area contributed by atoms with Gasteiger partial charge in [-0.3, -0.25) is 0 Å². The van der Waals surface area contributed by atoms with Crippen molar-refractivity contribution in [3.05, 3.63) is 29.0 Å². The van der Waals surface area contributed by atoms with Crippen LogP contribution in [0.25, 0.3) is 0 Å². The van der Waals surface area contributed by atoms with E-state index in [-0.39, 0.29) is 24.4 Å². The maximum atomic E-state index is 13.3. The highest BCUT2D eigenvalue weighted by Crippen LogP contribution is 2.21. The van der Waals surface area contributed by atoms with E-state index in [1.807, 2.05) is 13.8 Å². The second-order valence-electron chi connectivity index (χ2n) is 3.80. The molecule has 0 bridgehead atoms. The van der Waals surface area contributed by atoms with E-state index in [0.29, 0.717) is 10.7 Å². The van der Waals surface area contributed by atoms with Crippen LogP contribution < -0.4 is 5.32 Å². The molecule has 0 aromatic heterocycles. The van der Waals surface area contributed by atoms with Gasteiger partial charge in [-0.25, -0.2) is 4.39 Å². The van der Waals surface area contributed by atoms with Crippen molar-refractivity contribution in [2.45, 2.75) is 19.9 Å². The third-order valence-corrected chi connectivity index (χ3v) is 2.51. The van der Waals surface area contributed by atoms with Crippen molar-refractivity contribution in [1.82, 2.24) is 0 Å². The van der Waals surface area contributed by atoms with Gasteiger partial charge in [-0.2, -0.15) is 0 Å². The van der Waals surface area contributed by atoms with Crippen LogP contribution in [0.1, 0.15) is 13.8 Å². The van der Waals surface area contributed by atoms with Gasteiger partial charge in [-0.15, -0.1) is 0 Å². The number of nitrogens with one attached hydrogen (secondary N) is 1. The third-order valence-electron chi connectivity index (χ3n) is 2.27. The van der Waals surface area contributed by atoms with Crippen LogP contribution >= 0.6 is 11.6 Å². The number of rotatable bonds is 4. The maximum Gasteiger partial charge on any atom is 0.146 e. The summed E-state index contributed by atoms with van der Waals surface area (Å²) in [6.07, 6.45) is 0. The van der Waals surface area contributed by atoms with E-state index in [0.717, 1.165) is 0 Å². The molecule has 0 amide bonds.